The number of carbonyl (C=O) groups excluding carboxylic acids is 1. The average molecular weight is 376 g/mol. The molecule has 0 aliphatic carbocycles. The van der Waals surface area contributed by atoms with E-state index in [9.17, 15) is 4.79 Å². The molecule has 3 nitrogen and oxygen atoms in total. The van der Waals surface area contributed by atoms with E-state index in [-0.39, 0.29) is 5.78 Å². The van der Waals surface area contributed by atoms with Crippen LogP contribution in [0.4, 0.5) is 0 Å². The zero-order valence-corrected chi connectivity index (χ0v) is 17.5. The highest BCUT2D eigenvalue weighted by Gasteiger charge is 2.12. The molecule has 0 amide bonds. The van der Waals surface area contributed by atoms with Crippen LogP contribution >= 0.6 is 0 Å². The SMILES string of the molecule is CC.COc1ccc(Oc2ccc(C(=O)c3ccc(C)c(C)c3)cc2C)cc1. The van der Waals surface area contributed by atoms with Gasteiger partial charge < -0.3 is 9.47 Å². The molecule has 0 saturated carbocycles. The van der Waals surface area contributed by atoms with Gasteiger partial charge in [-0.3, -0.25) is 4.79 Å². The first-order valence-electron chi connectivity index (χ1n) is 9.52. The number of methoxy groups -OCH3 is 1. The number of benzene rings is 3. The lowest BCUT2D eigenvalue weighted by atomic mass is 9.98. The summed E-state index contributed by atoms with van der Waals surface area (Å²) in [5, 5.41) is 0. The highest BCUT2D eigenvalue weighted by atomic mass is 16.5. The van der Waals surface area contributed by atoms with Crippen molar-refractivity contribution in [2.24, 2.45) is 0 Å². The van der Waals surface area contributed by atoms with Crippen LogP contribution in [0.1, 0.15) is 46.5 Å². The molecule has 0 unspecified atom stereocenters. The minimum atomic E-state index is 0.0206. The molecular formula is C25H28O3. The third kappa shape index (κ3) is 5.01. The second-order valence-corrected chi connectivity index (χ2v) is 6.39. The second-order valence-electron chi connectivity index (χ2n) is 6.39. The summed E-state index contributed by atoms with van der Waals surface area (Å²) in [6, 6.07) is 18.7. The molecule has 3 heteroatoms. The summed E-state index contributed by atoms with van der Waals surface area (Å²) in [6.07, 6.45) is 0. The van der Waals surface area contributed by atoms with E-state index in [0.29, 0.717) is 11.1 Å². The third-order valence-electron chi connectivity index (χ3n) is 4.49. The van der Waals surface area contributed by atoms with Crippen LogP contribution in [0, 0.1) is 20.8 Å². The van der Waals surface area contributed by atoms with E-state index in [4.69, 9.17) is 9.47 Å². The molecule has 3 rings (SSSR count). The van der Waals surface area contributed by atoms with Crippen LogP contribution < -0.4 is 9.47 Å². The molecule has 0 bridgehead atoms. The molecule has 0 N–H and O–H groups in total. The zero-order valence-electron chi connectivity index (χ0n) is 17.5. The summed E-state index contributed by atoms with van der Waals surface area (Å²) in [6.45, 7) is 10.00. The van der Waals surface area contributed by atoms with Crippen LogP contribution in [-0.4, -0.2) is 12.9 Å². The molecule has 3 aromatic rings. The molecule has 0 aromatic heterocycles. The maximum Gasteiger partial charge on any atom is 0.193 e. The van der Waals surface area contributed by atoms with E-state index < -0.39 is 0 Å². The molecule has 0 saturated heterocycles. The van der Waals surface area contributed by atoms with Crippen molar-refractivity contribution >= 4 is 5.78 Å². The minimum absolute atomic E-state index is 0.0206. The van der Waals surface area contributed by atoms with Crippen LogP contribution in [-0.2, 0) is 0 Å². The first-order valence-corrected chi connectivity index (χ1v) is 9.52. The maximum absolute atomic E-state index is 12.7. The van der Waals surface area contributed by atoms with Gasteiger partial charge in [-0.25, -0.2) is 0 Å². The number of hydrogen-bond acceptors (Lipinski definition) is 3. The maximum atomic E-state index is 12.7. The van der Waals surface area contributed by atoms with Crippen molar-refractivity contribution in [3.05, 3.63) is 88.5 Å². The fourth-order valence-electron chi connectivity index (χ4n) is 2.73. The Hall–Kier alpha value is -3.07. The van der Waals surface area contributed by atoms with E-state index in [1.807, 2.05) is 95.3 Å². The summed E-state index contributed by atoms with van der Waals surface area (Å²) < 4.78 is 11.1. The van der Waals surface area contributed by atoms with Gasteiger partial charge in [0.2, 0.25) is 0 Å². The third-order valence-corrected chi connectivity index (χ3v) is 4.49. The van der Waals surface area contributed by atoms with Crippen molar-refractivity contribution in [3.63, 3.8) is 0 Å². The summed E-state index contributed by atoms with van der Waals surface area (Å²) in [5.41, 5.74) is 4.58. The predicted molar refractivity (Wildman–Crippen MR) is 115 cm³/mol. The number of aryl methyl sites for hydroxylation is 3. The first-order chi connectivity index (χ1) is 13.5. The minimum Gasteiger partial charge on any atom is -0.497 e. The Balaban J connectivity index is 0.00000136. The van der Waals surface area contributed by atoms with Crippen LogP contribution in [0.15, 0.2) is 60.7 Å². The van der Waals surface area contributed by atoms with E-state index in [1.165, 1.54) is 5.56 Å². The molecule has 0 atom stereocenters. The number of rotatable bonds is 5. The highest BCUT2D eigenvalue weighted by Crippen LogP contribution is 2.28. The van der Waals surface area contributed by atoms with E-state index in [0.717, 1.165) is 28.4 Å². The van der Waals surface area contributed by atoms with Gasteiger partial charge in [0, 0.05) is 11.1 Å². The summed E-state index contributed by atoms with van der Waals surface area (Å²) in [7, 11) is 1.63. The van der Waals surface area contributed by atoms with Crippen molar-refractivity contribution in [1.82, 2.24) is 0 Å². The van der Waals surface area contributed by atoms with Crippen LogP contribution in [0.25, 0.3) is 0 Å². The molecule has 0 aliphatic rings. The van der Waals surface area contributed by atoms with Gasteiger partial charge in [0.15, 0.2) is 5.78 Å². The van der Waals surface area contributed by atoms with Gasteiger partial charge in [-0.05, 0) is 86.0 Å². The van der Waals surface area contributed by atoms with Gasteiger partial charge in [0.05, 0.1) is 7.11 Å². The Morgan fingerprint density at radius 3 is 1.75 bits per heavy atom. The van der Waals surface area contributed by atoms with Crippen molar-refractivity contribution in [2.45, 2.75) is 34.6 Å². The topological polar surface area (TPSA) is 35.5 Å². The number of ether oxygens (including phenoxy) is 2. The number of carbonyl (C=O) groups is 1. The number of hydrogen-bond donors (Lipinski definition) is 0. The first kappa shape index (κ1) is 21.2. The lowest BCUT2D eigenvalue weighted by Gasteiger charge is -2.11. The largest absolute Gasteiger partial charge is 0.497 e. The molecule has 3 aromatic carbocycles. The quantitative estimate of drug-likeness (QED) is 0.466. The van der Waals surface area contributed by atoms with Gasteiger partial charge >= 0.3 is 0 Å². The summed E-state index contributed by atoms with van der Waals surface area (Å²) in [4.78, 5) is 12.7. The monoisotopic (exact) mass is 376 g/mol. The highest BCUT2D eigenvalue weighted by molar-refractivity contribution is 6.09. The van der Waals surface area contributed by atoms with Crippen LogP contribution in [0.5, 0.6) is 17.2 Å². The molecular weight excluding hydrogens is 348 g/mol. The van der Waals surface area contributed by atoms with E-state index in [1.54, 1.807) is 7.11 Å². The Morgan fingerprint density at radius 1 is 0.679 bits per heavy atom. The van der Waals surface area contributed by atoms with E-state index in [2.05, 4.69) is 0 Å². The van der Waals surface area contributed by atoms with Gasteiger partial charge in [0.25, 0.3) is 0 Å². The molecule has 28 heavy (non-hydrogen) atoms. The zero-order chi connectivity index (χ0) is 20.7. The molecule has 0 aliphatic heterocycles. The van der Waals surface area contributed by atoms with Crippen molar-refractivity contribution in [3.8, 4) is 17.2 Å². The fourth-order valence-corrected chi connectivity index (χ4v) is 2.73. The van der Waals surface area contributed by atoms with Crippen LogP contribution in [0.2, 0.25) is 0 Å². The lowest BCUT2D eigenvalue weighted by molar-refractivity contribution is 0.103. The van der Waals surface area contributed by atoms with Gasteiger partial charge in [0.1, 0.15) is 17.2 Å². The van der Waals surface area contributed by atoms with Gasteiger partial charge in [-0.15, -0.1) is 0 Å². The Morgan fingerprint density at radius 2 is 1.21 bits per heavy atom. The fraction of sp³-hybridized carbons (Fsp3) is 0.240. The Kier molecular flexibility index (Phi) is 7.39. The molecule has 0 heterocycles. The predicted octanol–water partition coefficient (Wildman–Crippen LogP) is 6.67. The van der Waals surface area contributed by atoms with Crippen molar-refractivity contribution in [2.75, 3.05) is 7.11 Å². The second kappa shape index (κ2) is 9.75. The molecule has 146 valence electrons. The van der Waals surface area contributed by atoms with Crippen LogP contribution in [0.3, 0.4) is 0 Å². The van der Waals surface area contributed by atoms with Gasteiger partial charge in [-0.1, -0.05) is 26.0 Å². The smallest absolute Gasteiger partial charge is 0.193 e. The van der Waals surface area contributed by atoms with Crippen molar-refractivity contribution < 1.29 is 14.3 Å². The molecule has 0 fully saturated rings. The molecule has 0 spiro atoms. The summed E-state index contributed by atoms with van der Waals surface area (Å²) in [5.74, 6) is 2.25. The lowest BCUT2D eigenvalue weighted by Crippen LogP contribution is -2.03. The average Bonchev–Trinajstić information content (AvgIpc) is 2.73. The van der Waals surface area contributed by atoms with E-state index >= 15 is 0 Å². The van der Waals surface area contributed by atoms with Crippen molar-refractivity contribution in [1.29, 1.82) is 0 Å². The Bertz CT molecular complexity index is 941. The number of ketones is 1. The molecule has 0 radical (unpaired) electrons. The summed E-state index contributed by atoms with van der Waals surface area (Å²) >= 11 is 0. The van der Waals surface area contributed by atoms with Gasteiger partial charge in [-0.2, -0.15) is 0 Å². The Labute approximate surface area is 167 Å². The standard InChI is InChI=1S/C23H22O3.C2H6/c1-15-5-6-18(13-16(15)2)23(24)19-7-12-22(17(3)14-19)26-21-10-8-20(25-4)9-11-21;1-2/h5-14H,1-4H3;1-2H3. The normalized spacial score (nSPS) is 9.93.